The fraction of sp³-hybridized carbons (Fsp3) is 0.269. The highest BCUT2D eigenvalue weighted by atomic mass is 16.5. The summed E-state index contributed by atoms with van der Waals surface area (Å²) in [5.74, 6) is 1.77. The zero-order chi connectivity index (χ0) is 21.1. The zero-order valence-electron chi connectivity index (χ0n) is 18.2. The van der Waals surface area contributed by atoms with Crippen LogP contribution >= 0.6 is 0 Å². The second kappa shape index (κ2) is 8.72. The Balaban J connectivity index is 1.83. The van der Waals surface area contributed by atoms with E-state index in [1.165, 1.54) is 27.4 Å². The second-order valence-electron chi connectivity index (χ2n) is 7.86. The summed E-state index contributed by atoms with van der Waals surface area (Å²) in [6.07, 6.45) is 1.01. The Morgan fingerprint density at radius 2 is 1.53 bits per heavy atom. The van der Waals surface area contributed by atoms with Crippen LogP contribution in [0.2, 0.25) is 0 Å². The van der Waals surface area contributed by atoms with Gasteiger partial charge in [-0.3, -0.25) is 0 Å². The minimum atomic E-state index is 0.715. The van der Waals surface area contributed by atoms with Gasteiger partial charge in [-0.15, -0.1) is 0 Å². The van der Waals surface area contributed by atoms with Gasteiger partial charge < -0.3 is 14.4 Å². The number of aromatic nitrogens is 1. The van der Waals surface area contributed by atoms with Gasteiger partial charge in [0.1, 0.15) is 18.5 Å². The maximum Gasteiger partial charge on any atom is 0.217 e. The van der Waals surface area contributed by atoms with Crippen LogP contribution in [-0.4, -0.2) is 39.3 Å². The highest BCUT2D eigenvalue weighted by Gasteiger charge is 2.19. The normalized spacial score (nSPS) is 11.4. The van der Waals surface area contributed by atoms with E-state index in [1.54, 1.807) is 7.11 Å². The zero-order valence-corrected chi connectivity index (χ0v) is 18.2. The van der Waals surface area contributed by atoms with Crippen molar-refractivity contribution < 1.29 is 14.0 Å². The van der Waals surface area contributed by atoms with Gasteiger partial charge in [0.15, 0.2) is 0 Å². The fourth-order valence-electron chi connectivity index (χ4n) is 3.98. The van der Waals surface area contributed by atoms with Crippen molar-refractivity contribution in [1.29, 1.82) is 0 Å². The lowest BCUT2D eigenvalue weighted by Crippen LogP contribution is -2.30. The molecule has 4 rings (SSSR count). The van der Waals surface area contributed by atoms with Crippen LogP contribution in [0.25, 0.3) is 32.9 Å². The number of nitrogens with zero attached hydrogens (tertiary/aromatic N) is 2. The highest BCUT2D eigenvalue weighted by molar-refractivity contribution is 6.07. The first-order valence-electron chi connectivity index (χ1n) is 10.3. The van der Waals surface area contributed by atoms with Crippen molar-refractivity contribution in [2.75, 3.05) is 34.4 Å². The molecule has 0 radical (unpaired) electrons. The Bertz CT molecular complexity index is 1170. The lowest BCUT2D eigenvalue weighted by atomic mass is 9.95. The van der Waals surface area contributed by atoms with E-state index in [4.69, 9.17) is 9.47 Å². The summed E-state index contributed by atoms with van der Waals surface area (Å²) in [4.78, 5) is 2.18. The number of para-hydroxylation sites is 1. The number of ether oxygens (including phenoxy) is 2. The fourth-order valence-corrected chi connectivity index (χ4v) is 3.98. The summed E-state index contributed by atoms with van der Waals surface area (Å²) >= 11 is 0. The van der Waals surface area contributed by atoms with Gasteiger partial charge in [0.2, 0.25) is 11.0 Å². The van der Waals surface area contributed by atoms with Crippen LogP contribution in [0.3, 0.4) is 0 Å². The molecule has 0 spiro atoms. The van der Waals surface area contributed by atoms with Crippen molar-refractivity contribution in [2.24, 2.45) is 7.05 Å². The minimum absolute atomic E-state index is 0.715. The van der Waals surface area contributed by atoms with Gasteiger partial charge >= 0.3 is 0 Å². The van der Waals surface area contributed by atoms with E-state index >= 15 is 0 Å². The number of benzene rings is 3. The lowest BCUT2D eigenvalue weighted by Gasteiger charge is -2.13. The number of fused-ring (bicyclic) bond motifs is 2. The number of hydrogen-bond donors (Lipinski definition) is 0. The van der Waals surface area contributed by atoms with Crippen molar-refractivity contribution >= 4 is 21.8 Å². The minimum Gasteiger partial charge on any atom is -0.497 e. The molecule has 4 heteroatoms. The molecule has 4 aromatic rings. The van der Waals surface area contributed by atoms with E-state index in [2.05, 4.69) is 85.2 Å². The van der Waals surface area contributed by atoms with E-state index in [0.717, 1.165) is 30.0 Å². The van der Waals surface area contributed by atoms with Crippen molar-refractivity contribution in [3.05, 3.63) is 66.7 Å². The first kappa shape index (κ1) is 20.2. The van der Waals surface area contributed by atoms with E-state index in [-0.39, 0.29) is 0 Å². The van der Waals surface area contributed by atoms with Crippen LogP contribution in [0.4, 0.5) is 0 Å². The average Bonchev–Trinajstić information content (AvgIpc) is 2.77. The molecule has 4 nitrogen and oxygen atoms in total. The summed E-state index contributed by atoms with van der Waals surface area (Å²) in [5.41, 5.74) is 4.77. The molecule has 30 heavy (non-hydrogen) atoms. The van der Waals surface area contributed by atoms with Crippen molar-refractivity contribution in [2.45, 2.75) is 6.42 Å². The predicted octanol–water partition coefficient (Wildman–Crippen LogP) is 4.82. The summed E-state index contributed by atoms with van der Waals surface area (Å²) in [7, 11) is 7.99. The molecule has 0 unspecified atom stereocenters. The Hall–Kier alpha value is -3.11. The van der Waals surface area contributed by atoms with Crippen LogP contribution < -0.4 is 14.0 Å². The Morgan fingerprint density at radius 1 is 0.833 bits per heavy atom. The first-order valence-corrected chi connectivity index (χ1v) is 10.3. The van der Waals surface area contributed by atoms with E-state index in [9.17, 15) is 0 Å². The van der Waals surface area contributed by atoms with Gasteiger partial charge in [-0.2, -0.15) is 4.57 Å². The maximum atomic E-state index is 6.05. The van der Waals surface area contributed by atoms with Crippen molar-refractivity contribution in [3.8, 4) is 22.6 Å². The molecule has 3 aromatic carbocycles. The van der Waals surface area contributed by atoms with Crippen LogP contribution in [0.5, 0.6) is 11.5 Å². The van der Waals surface area contributed by atoms with Crippen molar-refractivity contribution in [1.82, 2.24) is 4.90 Å². The number of hydrogen-bond acceptors (Lipinski definition) is 3. The number of methoxy groups -OCH3 is 1. The summed E-state index contributed by atoms with van der Waals surface area (Å²) in [5, 5.41) is 2.44. The summed E-state index contributed by atoms with van der Waals surface area (Å²) < 4.78 is 13.7. The maximum absolute atomic E-state index is 6.05. The monoisotopic (exact) mass is 401 g/mol. The molecule has 0 N–H and O–H groups in total. The van der Waals surface area contributed by atoms with Crippen LogP contribution in [-0.2, 0) is 7.05 Å². The molecule has 0 saturated carbocycles. The molecule has 0 amide bonds. The van der Waals surface area contributed by atoms with E-state index < -0.39 is 0 Å². The molecular formula is C26H29N2O2+. The molecule has 0 aliphatic heterocycles. The average molecular weight is 402 g/mol. The quantitative estimate of drug-likeness (QED) is 0.252. The van der Waals surface area contributed by atoms with Crippen molar-refractivity contribution in [3.63, 3.8) is 0 Å². The predicted molar refractivity (Wildman–Crippen MR) is 123 cm³/mol. The van der Waals surface area contributed by atoms with Gasteiger partial charge in [-0.1, -0.05) is 24.3 Å². The van der Waals surface area contributed by atoms with Gasteiger partial charge in [-0.05, 0) is 56.4 Å². The van der Waals surface area contributed by atoms with Crippen LogP contribution in [0, 0.1) is 0 Å². The second-order valence-corrected chi connectivity index (χ2v) is 7.86. The number of pyridine rings is 1. The molecule has 154 valence electrons. The van der Waals surface area contributed by atoms with Crippen LogP contribution in [0.15, 0.2) is 66.7 Å². The molecule has 0 atom stereocenters. The highest BCUT2D eigenvalue weighted by Crippen LogP contribution is 2.35. The number of rotatable bonds is 7. The summed E-state index contributed by atoms with van der Waals surface area (Å²) in [6, 6.07) is 23.3. The van der Waals surface area contributed by atoms with Crippen LogP contribution in [0.1, 0.15) is 6.42 Å². The molecule has 1 aromatic heterocycles. The van der Waals surface area contributed by atoms with Gasteiger partial charge in [0.05, 0.1) is 30.6 Å². The Labute approximate surface area is 178 Å². The molecular weight excluding hydrogens is 372 g/mol. The molecule has 0 aliphatic carbocycles. The Morgan fingerprint density at radius 3 is 2.27 bits per heavy atom. The smallest absolute Gasteiger partial charge is 0.217 e. The molecule has 0 fully saturated rings. The van der Waals surface area contributed by atoms with Gasteiger partial charge in [0, 0.05) is 18.2 Å². The lowest BCUT2D eigenvalue weighted by molar-refractivity contribution is -0.617. The molecule has 0 aliphatic rings. The third-order valence-electron chi connectivity index (χ3n) is 5.53. The molecule has 0 bridgehead atoms. The molecule has 0 saturated heterocycles. The third kappa shape index (κ3) is 3.96. The first-order chi connectivity index (χ1) is 14.6. The largest absolute Gasteiger partial charge is 0.497 e. The Kier molecular flexibility index (Phi) is 5.86. The van der Waals surface area contributed by atoms with E-state index in [1.807, 2.05) is 12.1 Å². The number of aryl methyl sites for hydroxylation is 1. The van der Waals surface area contributed by atoms with Gasteiger partial charge in [0.25, 0.3) is 0 Å². The summed E-state index contributed by atoms with van der Waals surface area (Å²) in [6.45, 7) is 1.74. The van der Waals surface area contributed by atoms with E-state index in [0.29, 0.717) is 6.61 Å². The third-order valence-corrected chi connectivity index (χ3v) is 5.53. The standard InChI is InChI=1S/C26H29N2O2/c1-27(2)16-7-17-30-21-14-15-23-25(18-21)28(3)24-9-6-5-8-22(24)26(23)19-10-12-20(29-4)13-11-19/h5-6,8-15,18H,7,16-17H2,1-4H3/q+1. The SMILES string of the molecule is COc1ccc(-c2c3ccccc3[n+](C)c3cc(OCCCN(C)C)ccc23)cc1. The molecule has 1 heterocycles. The van der Waals surface area contributed by atoms with Gasteiger partial charge in [-0.25, -0.2) is 0 Å². The topological polar surface area (TPSA) is 25.6 Å².